The van der Waals surface area contributed by atoms with Gasteiger partial charge >= 0.3 is 0 Å². The molecule has 1 aromatic carbocycles. The number of hydrogen-bond donors (Lipinski definition) is 1. The van der Waals surface area contributed by atoms with Gasteiger partial charge in [-0.1, -0.05) is 30.3 Å². The Morgan fingerprint density at radius 2 is 1.92 bits per heavy atom. The Morgan fingerprint density at radius 1 is 1.17 bits per heavy atom. The molecule has 2 fully saturated rings. The molecule has 2 aliphatic rings. The molecular formula is C20H28N2O2. The summed E-state index contributed by atoms with van der Waals surface area (Å²) in [6.45, 7) is 3.49. The Morgan fingerprint density at radius 3 is 2.62 bits per heavy atom. The lowest BCUT2D eigenvalue weighted by Crippen LogP contribution is -2.47. The van der Waals surface area contributed by atoms with Gasteiger partial charge < -0.3 is 10.2 Å². The molecule has 2 unspecified atom stereocenters. The Labute approximate surface area is 144 Å². The number of benzene rings is 1. The second-order valence-electron chi connectivity index (χ2n) is 7.33. The Kier molecular flexibility index (Phi) is 5.54. The lowest BCUT2D eigenvalue weighted by atomic mass is 9.96. The average Bonchev–Trinajstić information content (AvgIpc) is 3.45. The number of nitrogens with one attached hydrogen (secondary N) is 1. The fourth-order valence-electron chi connectivity index (χ4n) is 3.44. The fraction of sp³-hybridized carbons (Fsp3) is 0.600. The third-order valence-electron chi connectivity index (χ3n) is 5.13. The van der Waals surface area contributed by atoms with Gasteiger partial charge in [0.1, 0.15) is 0 Å². The molecule has 4 heteroatoms. The van der Waals surface area contributed by atoms with Gasteiger partial charge in [0.25, 0.3) is 0 Å². The molecule has 2 atom stereocenters. The minimum absolute atomic E-state index is 0.0411. The van der Waals surface area contributed by atoms with Crippen LogP contribution in [-0.4, -0.2) is 35.8 Å². The summed E-state index contributed by atoms with van der Waals surface area (Å²) in [5, 5.41) is 3.15. The van der Waals surface area contributed by atoms with E-state index in [1.165, 1.54) is 5.56 Å². The van der Waals surface area contributed by atoms with Crippen LogP contribution in [0.2, 0.25) is 0 Å². The lowest BCUT2D eigenvalue weighted by molar-refractivity contribution is -0.137. The summed E-state index contributed by atoms with van der Waals surface area (Å²) in [7, 11) is 0. The van der Waals surface area contributed by atoms with E-state index in [9.17, 15) is 9.59 Å². The highest BCUT2D eigenvalue weighted by atomic mass is 16.2. The summed E-state index contributed by atoms with van der Waals surface area (Å²) in [4.78, 5) is 26.6. The molecule has 0 aromatic heterocycles. The van der Waals surface area contributed by atoms with Gasteiger partial charge in [-0.05, 0) is 51.0 Å². The Balaban J connectivity index is 1.44. The van der Waals surface area contributed by atoms with Gasteiger partial charge in [-0.2, -0.15) is 0 Å². The maximum absolute atomic E-state index is 12.5. The maximum atomic E-state index is 12.5. The zero-order valence-electron chi connectivity index (χ0n) is 14.5. The van der Waals surface area contributed by atoms with E-state index in [0.29, 0.717) is 6.54 Å². The number of amides is 2. The van der Waals surface area contributed by atoms with Gasteiger partial charge in [0, 0.05) is 25.0 Å². The van der Waals surface area contributed by atoms with E-state index in [0.717, 1.165) is 45.1 Å². The fourth-order valence-corrected chi connectivity index (χ4v) is 3.44. The second-order valence-corrected chi connectivity index (χ2v) is 7.33. The van der Waals surface area contributed by atoms with Crippen molar-refractivity contribution >= 4 is 11.8 Å². The van der Waals surface area contributed by atoms with Gasteiger partial charge in [-0.25, -0.2) is 0 Å². The molecular weight excluding hydrogens is 300 g/mol. The van der Waals surface area contributed by atoms with Crippen LogP contribution in [-0.2, 0) is 16.0 Å². The molecule has 2 amide bonds. The third-order valence-corrected chi connectivity index (χ3v) is 5.13. The molecule has 1 aliphatic carbocycles. The summed E-state index contributed by atoms with van der Waals surface area (Å²) < 4.78 is 0. The highest BCUT2D eigenvalue weighted by molar-refractivity contribution is 5.83. The van der Waals surface area contributed by atoms with Crippen molar-refractivity contribution in [3.63, 3.8) is 0 Å². The van der Waals surface area contributed by atoms with Crippen LogP contribution in [0.1, 0.15) is 44.6 Å². The van der Waals surface area contributed by atoms with Crippen LogP contribution in [0.15, 0.2) is 30.3 Å². The summed E-state index contributed by atoms with van der Waals surface area (Å²) in [6.07, 6.45) is 5.80. The SMILES string of the molecule is CC(CCc1ccccc1)NC(=O)C1CCCN(C(=O)C2CC2)C1. The van der Waals surface area contributed by atoms with E-state index in [1.54, 1.807) is 0 Å². The van der Waals surface area contributed by atoms with Gasteiger partial charge in [0.15, 0.2) is 0 Å². The topological polar surface area (TPSA) is 49.4 Å². The number of likely N-dealkylation sites (tertiary alicyclic amines) is 1. The van der Waals surface area contributed by atoms with Crippen LogP contribution in [0.5, 0.6) is 0 Å². The molecule has 0 radical (unpaired) electrons. The first-order valence-corrected chi connectivity index (χ1v) is 9.26. The van der Waals surface area contributed by atoms with Crippen molar-refractivity contribution in [3.8, 4) is 0 Å². The summed E-state index contributed by atoms with van der Waals surface area (Å²) in [5.41, 5.74) is 1.30. The number of carbonyl (C=O) groups excluding carboxylic acids is 2. The van der Waals surface area contributed by atoms with Crippen molar-refractivity contribution in [2.24, 2.45) is 11.8 Å². The van der Waals surface area contributed by atoms with Crippen molar-refractivity contribution in [2.45, 2.75) is 51.5 Å². The van der Waals surface area contributed by atoms with E-state index in [-0.39, 0.29) is 29.7 Å². The monoisotopic (exact) mass is 328 g/mol. The predicted molar refractivity (Wildman–Crippen MR) is 94.4 cm³/mol. The third kappa shape index (κ3) is 4.59. The van der Waals surface area contributed by atoms with Gasteiger partial charge in [-0.15, -0.1) is 0 Å². The molecule has 1 N–H and O–H groups in total. The second kappa shape index (κ2) is 7.82. The van der Waals surface area contributed by atoms with Crippen LogP contribution in [0.4, 0.5) is 0 Å². The van der Waals surface area contributed by atoms with Crippen molar-refractivity contribution in [3.05, 3.63) is 35.9 Å². The minimum Gasteiger partial charge on any atom is -0.353 e. The van der Waals surface area contributed by atoms with Crippen molar-refractivity contribution < 1.29 is 9.59 Å². The van der Waals surface area contributed by atoms with Crippen LogP contribution in [0.25, 0.3) is 0 Å². The maximum Gasteiger partial charge on any atom is 0.225 e. The average molecular weight is 328 g/mol. The molecule has 24 heavy (non-hydrogen) atoms. The number of nitrogens with zero attached hydrogens (tertiary/aromatic N) is 1. The smallest absolute Gasteiger partial charge is 0.225 e. The predicted octanol–water partition coefficient (Wildman–Crippen LogP) is 2.77. The molecule has 3 rings (SSSR count). The molecule has 1 saturated carbocycles. The van der Waals surface area contributed by atoms with Crippen molar-refractivity contribution in [1.29, 1.82) is 0 Å². The summed E-state index contributed by atoms with van der Waals surface area (Å²) >= 11 is 0. The summed E-state index contributed by atoms with van der Waals surface area (Å²) in [5.74, 6) is 0.589. The molecule has 0 bridgehead atoms. The van der Waals surface area contributed by atoms with E-state index < -0.39 is 0 Å². The van der Waals surface area contributed by atoms with Crippen LogP contribution in [0.3, 0.4) is 0 Å². The standard InChI is InChI=1S/C20H28N2O2/c1-15(9-10-16-6-3-2-4-7-16)21-19(23)18-8-5-13-22(14-18)20(24)17-11-12-17/h2-4,6-7,15,17-18H,5,8-14H2,1H3,(H,21,23). The van der Waals surface area contributed by atoms with Gasteiger partial charge in [-0.3, -0.25) is 9.59 Å². The van der Waals surface area contributed by atoms with E-state index in [1.807, 2.05) is 23.1 Å². The van der Waals surface area contributed by atoms with Crippen molar-refractivity contribution in [1.82, 2.24) is 10.2 Å². The molecule has 1 aliphatic heterocycles. The molecule has 130 valence electrons. The molecule has 1 saturated heterocycles. The normalized spacial score (nSPS) is 22.0. The number of piperidine rings is 1. The summed E-state index contributed by atoms with van der Waals surface area (Å²) in [6, 6.07) is 10.5. The van der Waals surface area contributed by atoms with Crippen LogP contribution >= 0.6 is 0 Å². The Bertz CT molecular complexity index is 568. The molecule has 1 aromatic rings. The Hall–Kier alpha value is -1.84. The number of aryl methyl sites for hydroxylation is 1. The number of rotatable bonds is 6. The highest BCUT2D eigenvalue weighted by Crippen LogP contribution is 2.32. The van der Waals surface area contributed by atoms with E-state index >= 15 is 0 Å². The van der Waals surface area contributed by atoms with Gasteiger partial charge in [0.2, 0.25) is 11.8 Å². The van der Waals surface area contributed by atoms with Crippen LogP contribution < -0.4 is 5.32 Å². The zero-order chi connectivity index (χ0) is 16.9. The van der Waals surface area contributed by atoms with E-state index in [2.05, 4.69) is 24.4 Å². The minimum atomic E-state index is -0.0411. The number of carbonyl (C=O) groups is 2. The first-order chi connectivity index (χ1) is 11.6. The molecule has 0 spiro atoms. The van der Waals surface area contributed by atoms with Crippen LogP contribution in [0, 0.1) is 11.8 Å². The van der Waals surface area contributed by atoms with E-state index in [4.69, 9.17) is 0 Å². The largest absolute Gasteiger partial charge is 0.353 e. The zero-order valence-corrected chi connectivity index (χ0v) is 14.5. The first-order valence-electron chi connectivity index (χ1n) is 9.26. The van der Waals surface area contributed by atoms with Crippen molar-refractivity contribution in [2.75, 3.05) is 13.1 Å². The number of hydrogen-bond acceptors (Lipinski definition) is 2. The molecule has 4 nitrogen and oxygen atoms in total. The quantitative estimate of drug-likeness (QED) is 0.873. The first kappa shape index (κ1) is 17.0. The molecule has 1 heterocycles. The van der Waals surface area contributed by atoms with Gasteiger partial charge in [0.05, 0.1) is 5.92 Å². The lowest BCUT2D eigenvalue weighted by Gasteiger charge is -2.32. The highest BCUT2D eigenvalue weighted by Gasteiger charge is 2.36.